The fraction of sp³-hybridized carbons (Fsp3) is 0.138. The topological polar surface area (TPSA) is 71.4 Å². The number of rotatable bonds is 6. The van der Waals surface area contributed by atoms with Crippen molar-refractivity contribution in [2.75, 3.05) is 11.9 Å². The summed E-state index contributed by atoms with van der Waals surface area (Å²) in [6.07, 6.45) is 3.73. The number of anilines is 1. The van der Waals surface area contributed by atoms with Crippen LogP contribution in [0.25, 0.3) is 17.0 Å². The number of thioether (sulfide) groups is 1. The van der Waals surface area contributed by atoms with Crippen molar-refractivity contribution in [2.45, 2.75) is 20.4 Å². The van der Waals surface area contributed by atoms with Crippen LogP contribution in [0.1, 0.15) is 22.3 Å². The Bertz CT molecular complexity index is 1570. The van der Waals surface area contributed by atoms with E-state index >= 15 is 0 Å². The van der Waals surface area contributed by atoms with E-state index in [9.17, 15) is 14.4 Å². The average Bonchev–Trinajstić information content (AvgIpc) is 3.35. The van der Waals surface area contributed by atoms with Gasteiger partial charge in [-0.25, -0.2) is 0 Å². The molecule has 1 aliphatic heterocycles. The molecule has 1 aromatic heterocycles. The number of carbonyl (C=O) groups is 3. The number of halogens is 1. The molecule has 0 saturated carbocycles. The number of nitrogens with one attached hydrogen (secondary N) is 1. The van der Waals surface area contributed by atoms with Gasteiger partial charge in [0.05, 0.1) is 4.91 Å². The lowest BCUT2D eigenvalue weighted by Crippen LogP contribution is -2.36. The minimum Gasteiger partial charge on any atom is -0.342 e. The monoisotopic (exact) mass is 529 g/mol. The normalized spacial score (nSPS) is 14.7. The Morgan fingerprint density at radius 3 is 2.54 bits per heavy atom. The van der Waals surface area contributed by atoms with Crippen LogP contribution in [0.2, 0.25) is 5.02 Å². The van der Waals surface area contributed by atoms with Crippen LogP contribution >= 0.6 is 23.4 Å². The van der Waals surface area contributed by atoms with Crippen LogP contribution in [-0.2, 0) is 16.1 Å². The van der Waals surface area contributed by atoms with Crippen LogP contribution in [0.4, 0.5) is 10.5 Å². The first-order chi connectivity index (χ1) is 17.8. The van der Waals surface area contributed by atoms with Crippen LogP contribution in [0.15, 0.2) is 77.8 Å². The number of nitrogens with zero attached hydrogens (tertiary/aromatic N) is 2. The van der Waals surface area contributed by atoms with Crippen LogP contribution < -0.4 is 5.32 Å². The second-order valence-corrected chi connectivity index (χ2v) is 10.4. The van der Waals surface area contributed by atoms with Crippen LogP contribution in [0, 0.1) is 13.8 Å². The summed E-state index contributed by atoms with van der Waals surface area (Å²) in [5.41, 5.74) is 5.63. The van der Waals surface area contributed by atoms with Crippen molar-refractivity contribution in [1.82, 2.24) is 9.47 Å². The molecule has 2 heterocycles. The summed E-state index contributed by atoms with van der Waals surface area (Å²) in [6.45, 7) is 4.23. The van der Waals surface area contributed by atoms with Crippen molar-refractivity contribution < 1.29 is 14.4 Å². The number of imide groups is 1. The first-order valence-corrected chi connectivity index (χ1v) is 12.9. The smallest absolute Gasteiger partial charge is 0.294 e. The summed E-state index contributed by atoms with van der Waals surface area (Å²) in [7, 11) is 0. The van der Waals surface area contributed by atoms with E-state index in [1.807, 2.05) is 37.4 Å². The van der Waals surface area contributed by atoms with Gasteiger partial charge in [-0.15, -0.1) is 0 Å². The number of aromatic nitrogens is 1. The van der Waals surface area contributed by atoms with Crippen LogP contribution in [0.3, 0.4) is 0 Å². The molecular weight excluding hydrogens is 506 g/mol. The summed E-state index contributed by atoms with van der Waals surface area (Å²) in [6, 6.07) is 21.5. The zero-order valence-electron chi connectivity index (χ0n) is 20.3. The van der Waals surface area contributed by atoms with E-state index < -0.39 is 17.1 Å². The van der Waals surface area contributed by atoms with Gasteiger partial charge in [0, 0.05) is 39.9 Å². The van der Waals surface area contributed by atoms with Crippen LogP contribution in [0.5, 0.6) is 0 Å². The molecule has 5 rings (SSSR count). The largest absolute Gasteiger partial charge is 0.342 e. The molecule has 4 aromatic rings. The Morgan fingerprint density at radius 2 is 1.78 bits per heavy atom. The molecule has 1 N–H and O–H groups in total. The van der Waals surface area contributed by atoms with E-state index in [2.05, 4.69) is 41.1 Å². The quantitative estimate of drug-likeness (QED) is 0.284. The summed E-state index contributed by atoms with van der Waals surface area (Å²) in [5.74, 6) is -0.958. The minimum absolute atomic E-state index is 0.286. The van der Waals surface area contributed by atoms with Gasteiger partial charge in [0.25, 0.3) is 11.1 Å². The lowest BCUT2D eigenvalue weighted by molar-refractivity contribution is -0.127. The molecule has 1 saturated heterocycles. The lowest BCUT2D eigenvalue weighted by atomic mass is 10.1. The van der Waals surface area contributed by atoms with Gasteiger partial charge < -0.3 is 9.88 Å². The number of benzene rings is 3. The van der Waals surface area contributed by atoms with E-state index in [1.165, 1.54) is 11.1 Å². The summed E-state index contributed by atoms with van der Waals surface area (Å²) in [4.78, 5) is 39.5. The molecular formula is C29H24ClN3O3S. The Hall–Kier alpha value is -3.81. The predicted molar refractivity (Wildman–Crippen MR) is 150 cm³/mol. The third-order valence-electron chi connectivity index (χ3n) is 6.21. The molecule has 8 heteroatoms. The molecule has 0 radical (unpaired) electrons. The molecule has 0 bridgehead atoms. The molecule has 0 unspecified atom stereocenters. The minimum atomic E-state index is -0.484. The van der Waals surface area contributed by atoms with Gasteiger partial charge in [-0.2, -0.15) is 0 Å². The third kappa shape index (κ3) is 5.33. The van der Waals surface area contributed by atoms with Gasteiger partial charge in [-0.05, 0) is 61.0 Å². The highest BCUT2D eigenvalue weighted by Crippen LogP contribution is 2.34. The van der Waals surface area contributed by atoms with Gasteiger partial charge in [-0.3, -0.25) is 19.3 Å². The number of para-hydroxylation sites is 1. The van der Waals surface area contributed by atoms with E-state index in [4.69, 9.17) is 11.6 Å². The Kier molecular flexibility index (Phi) is 6.91. The lowest BCUT2D eigenvalue weighted by Gasteiger charge is -2.12. The maximum atomic E-state index is 13.1. The Balaban J connectivity index is 1.36. The van der Waals surface area contributed by atoms with Crippen molar-refractivity contribution >= 4 is 63.1 Å². The van der Waals surface area contributed by atoms with Crippen LogP contribution in [-0.4, -0.2) is 33.1 Å². The number of hydrogen-bond donors (Lipinski definition) is 1. The predicted octanol–water partition coefficient (Wildman–Crippen LogP) is 6.63. The summed E-state index contributed by atoms with van der Waals surface area (Å²) < 4.78 is 2.14. The fourth-order valence-corrected chi connectivity index (χ4v) is 5.21. The third-order valence-corrected chi connectivity index (χ3v) is 7.53. The molecule has 37 heavy (non-hydrogen) atoms. The van der Waals surface area contributed by atoms with Gasteiger partial charge in [0.15, 0.2) is 0 Å². The van der Waals surface area contributed by atoms with Gasteiger partial charge in [0.1, 0.15) is 6.54 Å². The molecule has 0 spiro atoms. The number of aryl methyl sites for hydroxylation is 2. The zero-order valence-corrected chi connectivity index (χ0v) is 21.9. The molecule has 0 aliphatic carbocycles. The first kappa shape index (κ1) is 24.9. The molecule has 186 valence electrons. The zero-order chi connectivity index (χ0) is 26.1. The number of amides is 3. The first-order valence-electron chi connectivity index (χ1n) is 11.7. The average molecular weight is 530 g/mol. The highest BCUT2D eigenvalue weighted by Gasteiger charge is 2.36. The van der Waals surface area contributed by atoms with Gasteiger partial charge in [0.2, 0.25) is 5.91 Å². The second-order valence-electron chi connectivity index (χ2n) is 9.00. The maximum Gasteiger partial charge on any atom is 0.294 e. The standard InChI is InChI=1S/C29H24ClN3O3S/c1-18-7-10-20(11-8-18)15-32-16-21(23-5-3-4-6-25(23)32)13-26-28(35)33(29(36)37-26)17-27(34)31-22-12-9-19(2)24(30)14-22/h3-14,16H,15,17H2,1-2H3,(H,31,34)/b26-13-. The summed E-state index contributed by atoms with van der Waals surface area (Å²) >= 11 is 6.96. The van der Waals surface area contributed by atoms with Crippen molar-refractivity contribution in [2.24, 2.45) is 0 Å². The number of hydrogen-bond acceptors (Lipinski definition) is 4. The van der Waals surface area contributed by atoms with Gasteiger partial charge in [-0.1, -0.05) is 65.7 Å². The summed E-state index contributed by atoms with van der Waals surface area (Å²) in [5, 5.41) is 3.72. The van der Waals surface area contributed by atoms with Crippen molar-refractivity contribution in [3.05, 3.63) is 105 Å². The number of carbonyl (C=O) groups excluding carboxylic acids is 3. The second kappa shape index (κ2) is 10.3. The molecule has 3 aromatic carbocycles. The highest BCUT2D eigenvalue weighted by atomic mass is 35.5. The van der Waals surface area contributed by atoms with E-state index in [1.54, 1.807) is 24.3 Å². The molecule has 1 aliphatic rings. The highest BCUT2D eigenvalue weighted by molar-refractivity contribution is 8.18. The van der Waals surface area contributed by atoms with Crippen molar-refractivity contribution in [3.8, 4) is 0 Å². The van der Waals surface area contributed by atoms with Crippen molar-refractivity contribution in [3.63, 3.8) is 0 Å². The van der Waals surface area contributed by atoms with E-state index in [0.717, 1.165) is 38.7 Å². The molecule has 1 fully saturated rings. The van der Waals surface area contributed by atoms with E-state index in [0.29, 0.717) is 17.3 Å². The molecule has 0 atom stereocenters. The SMILES string of the molecule is Cc1ccc(Cn2cc(/C=C3\SC(=O)N(CC(=O)Nc4ccc(C)c(Cl)c4)C3=O)c3ccccc32)cc1. The number of fused-ring (bicyclic) bond motifs is 1. The Labute approximate surface area is 223 Å². The van der Waals surface area contributed by atoms with Crippen molar-refractivity contribution in [1.29, 1.82) is 0 Å². The molecule has 6 nitrogen and oxygen atoms in total. The molecule has 3 amide bonds. The Morgan fingerprint density at radius 1 is 1.03 bits per heavy atom. The maximum absolute atomic E-state index is 13.1. The fourth-order valence-electron chi connectivity index (χ4n) is 4.20. The van der Waals surface area contributed by atoms with Gasteiger partial charge >= 0.3 is 0 Å². The van der Waals surface area contributed by atoms with E-state index in [-0.39, 0.29) is 11.4 Å².